The van der Waals surface area contributed by atoms with Crippen molar-refractivity contribution in [3.63, 3.8) is 0 Å². The second-order valence-corrected chi connectivity index (χ2v) is 8.45. The highest BCUT2D eigenvalue weighted by Crippen LogP contribution is 2.41. The highest BCUT2D eigenvalue weighted by Gasteiger charge is 2.33. The van der Waals surface area contributed by atoms with Gasteiger partial charge in [-0.2, -0.15) is 0 Å². The molecular weight excluding hydrogens is 409 g/mol. The van der Waals surface area contributed by atoms with Gasteiger partial charge in [-0.3, -0.25) is 4.79 Å². The summed E-state index contributed by atoms with van der Waals surface area (Å²) < 4.78 is 25.7. The fraction of sp³-hybridized carbons (Fsp3) is 0.385. The monoisotopic (exact) mass is 437 g/mol. The van der Waals surface area contributed by atoms with Crippen LogP contribution in [0.15, 0.2) is 40.8 Å². The van der Waals surface area contributed by atoms with Gasteiger partial charge in [0.15, 0.2) is 0 Å². The second kappa shape index (κ2) is 9.15. The number of carbonyl (C=O) groups is 1. The van der Waals surface area contributed by atoms with Crippen LogP contribution in [0.25, 0.3) is 11.5 Å². The van der Waals surface area contributed by atoms with Gasteiger partial charge in [-0.25, -0.2) is 9.37 Å². The van der Waals surface area contributed by atoms with Crippen LogP contribution in [0.5, 0.6) is 5.75 Å². The number of aromatic nitrogens is 1. The quantitative estimate of drug-likeness (QED) is 0.478. The molecule has 1 aliphatic rings. The molecule has 0 bridgehead atoms. The molecule has 1 aliphatic carbocycles. The average molecular weight is 438 g/mol. The molecule has 1 heterocycles. The molecule has 0 saturated heterocycles. The number of oxazole rings is 1. The molecule has 1 unspecified atom stereocenters. The van der Waals surface area contributed by atoms with Crippen molar-refractivity contribution >= 4 is 5.97 Å². The summed E-state index contributed by atoms with van der Waals surface area (Å²) in [6.07, 6.45) is 2.91. The highest BCUT2D eigenvalue weighted by molar-refractivity contribution is 5.72. The molecule has 32 heavy (non-hydrogen) atoms. The van der Waals surface area contributed by atoms with Crippen LogP contribution in [-0.2, 0) is 17.6 Å². The van der Waals surface area contributed by atoms with Gasteiger partial charge in [-0.05, 0) is 80.0 Å². The van der Waals surface area contributed by atoms with E-state index in [1.54, 1.807) is 19.1 Å². The molecule has 168 valence electrons. The maximum atomic E-state index is 13.9. The molecule has 0 spiro atoms. The van der Waals surface area contributed by atoms with Crippen molar-refractivity contribution in [3.8, 4) is 17.2 Å². The lowest BCUT2D eigenvalue weighted by atomic mass is 9.85. The number of fused-ring (bicyclic) bond motifs is 1. The van der Waals surface area contributed by atoms with Gasteiger partial charge in [0.2, 0.25) is 5.89 Å². The molecule has 3 aromatic rings. The Labute approximate surface area is 187 Å². The molecule has 2 atom stereocenters. The van der Waals surface area contributed by atoms with E-state index in [-0.39, 0.29) is 17.7 Å². The number of ether oxygens (including phenoxy) is 1. The maximum absolute atomic E-state index is 13.9. The van der Waals surface area contributed by atoms with E-state index in [1.807, 2.05) is 32.0 Å². The molecule has 1 N–H and O–H groups in total. The first-order valence-corrected chi connectivity index (χ1v) is 11.1. The lowest BCUT2D eigenvalue weighted by Gasteiger charge is -2.19. The third-order valence-corrected chi connectivity index (χ3v) is 6.39. The Morgan fingerprint density at radius 2 is 2.09 bits per heavy atom. The van der Waals surface area contributed by atoms with Crippen molar-refractivity contribution in [3.05, 3.63) is 70.4 Å². The van der Waals surface area contributed by atoms with Crippen LogP contribution in [-0.4, -0.2) is 22.7 Å². The minimum Gasteiger partial charge on any atom is -0.493 e. The molecule has 1 aromatic heterocycles. The van der Waals surface area contributed by atoms with Gasteiger partial charge < -0.3 is 14.3 Å². The van der Waals surface area contributed by atoms with Crippen LogP contribution in [0.4, 0.5) is 4.39 Å². The Balaban J connectivity index is 1.40. The Bertz CT molecular complexity index is 1140. The Morgan fingerprint density at radius 3 is 2.81 bits per heavy atom. The van der Waals surface area contributed by atoms with Gasteiger partial charge in [0.25, 0.3) is 0 Å². The normalized spacial score (nSPS) is 16.1. The molecule has 4 rings (SSSR count). The van der Waals surface area contributed by atoms with E-state index in [0.717, 1.165) is 35.6 Å². The standard InChI is InChI=1S/C26H28FNO4/c1-4-20(26(29)30)22-9-7-17-13-19(8-10-21(17)22)31-12-11-24-16(3)28-25(32-24)18-6-5-15(2)23(27)14-18/h5-6,8,10,13-14,20,22H,4,7,9,11-12H2,1-3H3,(H,29,30)/t20?,22-/m0/s1. The van der Waals surface area contributed by atoms with E-state index in [2.05, 4.69) is 4.98 Å². The topological polar surface area (TPSA) is 72.6 Å². The first-order chi connectivity index (χ1) is 15.4. The maximum Gasteiger partial charge on any atom is 0.307 e. The van der Waals surface area contributed by atoms with Gasteiger partial charge in [0.05, 0.1) is 18.2 Å². The first kappa shape index (κ1) is 22.1. The van der Waals surface area contributed by atoms with Crippen LogP contribution in [0, 0.1) is 25.6 Å². The molecule has 2 aromatic carbocycles. The minimum atomic E-state index is -0.721. The molecule has 0 aliphatic heterocycles. The van der Waals surface area contributed by atoms with Crippen LogP contribution in [0.2, 0.25) is 0 Å². The zero-order chi connectivity index (χ0) is 22.8. The van der Waals surface area contributed by atoms with Crippen LogP contribution >= 0.6 is 0 Å². The van der Waals surface area contributed by atoms with E-state index < -0.39 is 5.97 Å². The number of hydrogen-bond donors (Lipinski definition) is 1. The highest BCUT2D eigenvalue weighted by atomic mass is 19.1. The molecule has 0 saturated carbocycles. The third kappa shape index (κ3) is 4.40. The smallest absolute Gasteiger partial charge is 0.307 e. The minimum absolute atomic E-state index is 0.0726. The summed E-state index contributed by atoms with van der Waals surface area (Å²) in [6, 6.07) is 10.9. The van der Waals surface area contributed by atoms with Crippen molar-refractivity contribution < 1.29 is 23.4 Å². The zero-order valence-electron chi connectivity index (χ0n) is 18.7. The number of halogens is 1. The Kier molecular flexibility index (Phi) is 6.31. The molecule has 0 fully saturated rings. The summed E-state index contributed by atoms with van der Waals surface area (Å²) in [5.74, 6) is 0.623. The number of nitrogens with zero attached hydrogens (tertiary/aromatic N) is 1. The number of hydrogen-bond acceptors (Lipinski definition) is 4. The predicted octanol–water partition coefficient (Wildman–Crippen LogP) is 5.86. The molecule has 0 amide bonds. The lowest BCUT2D eigenvalue weighted by molar-refractivity contribution is -0.142. The summed E-state index contributed by atoms with van der Waals surface area (Å²) in [6.45, 7) is 5.94. The number of aryl methyl sites for hydroxylation is 3. The number of benzene rings is 2. The summed E-state index contributed by atoms with van der Waals surface area (Å²) in [7, 11) is 0. The van der Waals surface area contributed by atoms with Crippen molar-refractivity contribution in [1.82, 2.24) is 4.98 Å². The third-order valence-electron chi connectivity index (χ3n) is 6.39. The fourth-order valence-corrected chi connectivity index (χ4v) is 4.54. The van der Waals surface area contributed by atoms with E-state index >= 15 is 0 Å². The number of carboxylic acids is 1. The van der Waals surface area contributed by atoms with Crippen molar-refractivity contribution in [2.24, 2.45) is 5.92 Å². The fourth-order valence-electron chi connectivity index (χ4n) is 4.54. The van der Waals surface area contributed by atoms with E-state index in [1.165, 1.54) is 11.6 Å². The number of rotatable bonds is 8. The van der Waals surface area contributed by atoms with Crippen LogP contribution in [0.3, 0.4) is 0 Å². The zero-order valence-corrected chi connectivity index (χ0v) is 18.7. The van der Waals surface area contributed by atoms with Gasteiger partial charge in [-0.15, -0.1) is 0 Å². The van der Waals surface area contributed by atoms with E-state index in [9.17, 15) is 14.3 Å². The first-order valence-electron chi connectivity index (χ1n) is 11.1. The van der Waals surface area contributed by atoms with Crippen LogP contribution < -0.4 is 4.74 Å². The predicted molar refractivity (Wildman–Crippen MR) is 119 cm³/mol. The largest absolute Gasteiger partial charge is 0.493 e. The molecule has 6 heteroatoms. The lowest BCUT2D eigenvalue weighted by Crippen LogP contribution is -2.19. The number of aliphatic carboxylic acids is 1. The van der Waals surface area contributed by atoms with Gasteiger partial charge in [-0.1, -0.05) is 19.1 Å². The van der Waals surface area contributed by atoms with Crippen LogP contribution in [0.1, 0.15) is 53.8 Å². The Morgan fingerprint density at radius 1 is 1.28 bits per heavy atom. The van der Waals surface area contributed by atoms with Gasteiger partial charge in [0, 0.05) is 12.0 Å². The summed E-state index contributed by atoms with van der Waals surface area (Å²) >= 11 is 0. The molecule has 5 nitrogen and oxygen atoms in total. The van der Waals surface area contributed by atoms with Gasteiger partial charge in [0.1, 0.15) is 17.3 Å². The van der Waals surface area contributed by atoms with E-state index in [0.29, 0.717) is 36.5 Å². The van der Waals surface area contributed by atoms with Crippen molar-refractivity contribution in [1.29, 1.82) is 0 Å². The van der Waals surface area contributed by atoms with E-state index in [4.69, 9.17) is 9.15 Å². The second-order valence-electron chi connectivity index (χ2n) is 8.45. The summed E-state index contributed by atoms with van der Waals surface area (Å²) in [4.78, 5) is 16.0. The Hall–Kier alpha value is -3.15. The SMILES string of the molecule is CCC(C(=O)O)[C@@H]1CCc2cc(OCCc3oc(-c4ccc(C)c(F)c4)nc3C)ccc21. The molecular formula is C26H28FNO4. The number of carboxylic acid groups (broad SMARTS) is 1. The van der Waals surface area contributed by atoms with Crippen molar-refractivity contribution in [2.75, 3.05) is 6.61 Å². The van der Waals surface area contributed by atoms with Crippen molar-refractivity contribution in [2.45, 2.75) is 52.4 Å². The average Bonchev–Trinajstić information content (AvgIpc) is 3.34. The van der Waals surface area contributed by atoms with Gasteiger partial charge >= 0.3 is 5.97 Å². The summed E-state index contributed by atoms with van der Waals surface area (Å²) in [5.41, 5.74) is 4.27. The molecule has 0 radical (unpaired) electrons. The summed E-state index contributed by atoms with van der Waals surface area (Å²) in [5, 5.41) is 9.50.